The second-order valence-electron chi connectivity index (χ2n) is 3.94. The Labute approximate surface area is 79.6 Å². The van der Waals surface area contributed by atoms with Crippen LogP contribution < -0.4 is 0 Å². The van der Waals surface area contributed by atoms with Gasteiger partial charge in [-0.1, -0.05) is 25.8 Å². The maximum Gasteiger partial charge on any atom is 0.331 e. The SMILES string of the molecule is CC/C(C(=O)O)=C1\CCCC(C)C1. The van der Waals surface area contributed by atoms with Crippen LogP contribution in [-0.4, -0.2) is 11.1 Å². The molecule has 2 nitrogen and oxygen atoms in total. The minimum Gasteiger partial charge on any atom is -0.478 e. The standard InChI is InChI=1S/C11H18O2/c1-3-10(11(12)13)9-6-4-5-8(2)7-9/h8H,3-7H2,1-2H3,(H,12,13)/b10-9-. The lowest BCUT2D eigenvalue weighted by Gasteiger charge is -2.22. The van der Waals surface area contributed by atoms with Gasteiger partial charge >= 0.3 is 5.97 Å². The van der Waals surface area contributed by atoms with Crippen molar-refractivity contribution >= 4 is 5.97 Å². The van der Waals surface area contributed by atoms with Crippen molar-refractivity contribution in [3.63, 3.8) is 0 Å². The van der Waals surface area contributed by atoms with Crippen molar-refractivity contribution in [2.75, 3.05) is 0 Å². The highest BCUT2D eigenvalue weighted by Gasteiger charge is 2.18. The summed E-state index contributed by atoms with van der Waals surface area (Å²) in [7, 11) is 0. The zero-order chi connectivity index (χ0) is 9.84. The number of carboxylic acid groups (broad SMARTS) is 1. The molecule has 0 amide bonds. The van der Waals surface area contributed by atoms with Gasteiger partial charge < -0.3 is 5.11 Å². The molecule has 13 heavy (non-hydrogen) atoms. The molecule has 0 saturated heterocycles. The number of allylic oxidation sites excluding steroid dienone is 1. The lowest BCUT2D eigenvalue weighted by atomic mass is 9.84. The van der Waals surface area contributed by atoms with E-state index in [1.807, 2.05) is 6.92 Å². The van der Waals surface area contributed by atoms with Crippen LogP contribution in [0.15, 0.2) is 11.1 Å². The topological polar surface area (TPSA) is 37.3 Å². The first-order valence-electron chi connectivity index (χ1n) is 5.09. The highest BCUT2D eigenvalue weighted by atomic mass is 16.4. The molecule has 0 radical (unpaired) electrons. The summed E-state index contributed by atoms with van der Waals surface area (Å²) in [6, 6.07) is 0. The van der Waals surface area contributed by atoms with E-state index >= 15 is 0 Å². The summed E-state index contributed by atoms with van der Waals surface area (Å²) in [4.78, 5) is 10.9. The molecule has 1 saturated carbocycles. The van der Waals surface area contributed by atoms with Crippen molar-refractivity contribution in [1.82, 2.24) is 0 Å². The van der Waals surface area contributed by atoms with Gasteiger partial charge in [0.1, 0.15) is 0 Å². The van der Waals surface area contributed by atoms with E-state index in [4.69, 9.17) is 5.11 Å². The van der Waals surface area contributed by atoms with Crippen molar-refractivity contribution in [3.8, 4) is 0 Å². The maximum absolute atomic E-state index is 10.9. The van der Waals surface area contributed by atoms with Gasteiger partial charge in [-0.05, 0) is 31.6 Å². The van der Waals surface area contributed by atoms with E-state index in [-0.39, 0.29) is 0 Å². The lowest BCUT2D eigenvalue weighted by molar-refractivity contribution is -0.132. The lowest BCUT2D eigenvalue weighted by Crippen LogP contribution is -2.11. The minimum absolute atomic E-state index is 0.659. The Morgan fingerprint density at radius 1 is 1.62 bits per heavy atom. The molecule has 0 aromatic carbocycles. The predicted octanol–water partition coefficient (Wildman–Crippen LogP) is 2.99. The van der Waals surface area contributed by atoms with Crippen LogP contribution in [0.2, 0.25) is 0 Å². The van der Waals surface area contributed by atoms with Crippen LogP contribution in [0.5, 0.6) is 0 Å². The van der Waals surface area contributed by atoms with Crippen molar-refractivity contribution in [1.29, 1.82) is 0 Å². The fourth-order valence-electron chi connectivity index (χ4n) is 2.12. The summed E-state index contributed by atoms with van der Waals surface area (Å²) in [5, 5.41) is 8.95. The molecular weight excluding hydrogens is 164 g/mol. The van der Waals surface area contributed by atoms with Crippen LogP contribution in [0.4, 0.5) is 0 Å². The third kappa shape index (κ3) is 2.58. The van der Waals surface area contributed by atoms with E-state index in [1.54, 1.807) is 0 Å². The smallest absolute Gasteiger partial charge is 0.331 e. The van der Waals surface area contributed by atoms with E-state index in [2.05, 4.69) is 6.92 Å². The molecule has 1 aliphatic carbocycles. The fraction of sp³-hybridized carbons (Fsp3) is 0.727. The van der Waals surface area contributed by atoms with E-state index in [9.17, 15) is 4.79 Å². The summed E-state index contributed by atoms with van der Waals surface area (Å²) >= 11 is 0. The molecule has 0 aromatic rings. The highest BCUT2D eigenvalue weighted by Crippen LogP contribution is 2.31. The van der Waals surface area contributed by atoms with Crippen molar-refractivity contribution < 1.29 is 9.90 Å². The molecule has 1 atom stereocenters. The van der Waals surface area contributed by atoms with Gasteiger partial charge in [0.15, 0.2) is 0 Å². The molecule has 1 N–H and O–H groups in total. The Hall–Kier alpha value is -0.790. The molecule has 0 aliphatic heterocycles. The number of hydrogen-bond acceptors (Lipinski definition) is 1. The molecule has 0 heterocycles. The molecule has 1 fully saturated rings. The van der Waals surface area contributed by atoms with Gasteiger partial charge in [-0.3, -0.25) is 0 Å². The van der Waals surface area contributed by atoms with Crippen molar-refractivity contribution in [3.05, 3.63) is 11.1 Å². The summed E-state index contributed by atoms with van der Waals surface area (Å²) in [6.07, 6.45) is 5.07. The quantitative estimate of drug-likeness (QED) is 0.666. The summed E-state index contributed by atoms with van der Waals surface area (Å²) in [5.41, 5.74) is 1.85. The Morgan fingerprint density at radius 3 is 2.77 bits per heavy atom. The monoisotopic (exact) mass is 182 g/mol. The maximum atomic E-state index is 10.9. The Morgan fingerprint density at radius 2 is 2.31 bits per heavy atom. The summed E-state index contributed by atoms with van der Waals surface area (Å²) < 4.78 is 0. The molecular formula is C11H18O2. The zero-order valence-corrected chi connectivity index (χ0v) is 8.47. The van der Waals surface area contributed by atoms with E-state index in [0.717, 1.165) is 19.3 Å². The van der Waals surface area contributed by atoms with Gasteiger partial charge in [-0.2, -0.15) is 0 Å². The largest absolute Gasteiger partial charge is 0.478 e. The molecule has 0 bridgehead atoms. The van der Waals surface area contributed by atoms with Crippen LogP contribution in [0.25, 0.3) is 0 Å². The van der Waals surface area contributed by atoms with Gasteiger partial charge in [0.25, 0.3) is 0 Å². The molecule has 0 aromatic heterocycles. The average Bonchev–Trinajstić information content (AvgIpc) is 2.04. The van der Waals surface area contributed by atoms with Crippen LogP contribution in [0.1, 0.15) is 46.0 Å². The zero-order valence-electron chi connectivity index (χ0n) is 8.47. The first kappa shape index (κ1) is 10.3. The van der Waals surface area contributed by atoms with Crippen molar-refractivity contribution in [2.24, 2.45) is 5.92 Å². The van der Waals surface area contributed by atoms with Gasteiger partial charge in [0, 0.05) is 5.57 Å². The average molecular weight is 182 g/mol. The van der Waals surface area contributed by atoms with Gasteiger partial charge in [-0.25, -0.2) is 4.79 Å². The Bertz CT molecular complexity index is 228. The molecule has 2 heteroatoms. The van der Waals surface area contributed by atoms with Crippen molar-refractivity contribution in [2.45, 2.75) is 46.0 Å². The predicted molar refractivity (Wildman–Crippen MR) is 52.6 cm³/mol. The normalized spacial score (nSPS) is 27.1. The first-order valence-corrected chi connectivity index (χ1v) is 5.09. The highest BCUT2D eigenvalue weighted by molar-refractivity contribution is 5.87. The number of aliphatic carboxylic acids is 1. The number of hydrogen-bond donors (Lipinski definition) is 1. The number of carbonyl (C=O) groups is 1. The summed E-state index contributed by atoms with van der Waals surface area (Å²) in [5.74, 6) is -0.0451. The van der Waals surface area contributed by atoms with Crippen LogP contribution in [-0.2, 0) is 4.79 Å². The fourth-order valence-corrected chi connectivity index (χ4v) is 2.12. The first-order chi connectivity index (χ1) is 6.15. The Kier molecular flexibility index (Phi) is 3.52. The van der Waals surface area contributed by atoms with E-state index in [0.29, 0.717) is 17.9 Å². The second kappa shape index (κ2) is 4.45. The molecule has 74 valence electrons. The van der Waals surface area contributed by atoms with E-state index < -0.39 is 5.97 Å². The molecule has 1 rings (SSSR count). The van der Waals surface area contributed by atoms with Gasteiger partial charge in [0.05, 0.1) is 0 Å². The molecule has 1 unspecified atom stereocenters. The molecule has 0 spiro atoms. The van der Waals surface area contributed by atoms with Gasteiger partial charge in [0.2, 0.25) is 0 Å². The number of rotatable bonds is 2. The number of carboxylic acids is 1. The molecule has 1 aliphatic rings. The van der Waals surface area contributed by atoms with Crippen LogP contribution in [0.3, 0.4) is 0 Å². The summed E-state index contributed by atoms with van der Waals surface area (Å²) in [6.45, 7) is 4.13. The Balaban J connectivity index is 2.80. The van der Waals surface area contributed by atoms with Crippen LogP contribution in [0, 0.1) is 5.92 Å². The second-order valence-corrected chi connectivity index (χ2v) is 3.94. The minimum atomic E-state index is -0.716. The third-order valence-corrected chi connectivity index (χ3v) is 2.81. The third-order valence-electron chi connectivity index (χ3n) is 2.81. The van der Waals surface area contributed by atoms with Gasteiger partial charge in [-0.15, -0.1) is 0 Å². The van der Waals surface area contributed by atoms with Crippen LogP contribution >= 0.6 is 0 Å². The van der Waals surface area contributed by atoms with E-state index in [1.165, 1.54) is 12.0 Å².